The Morgan fingerprint density at radius 1 is 0.271 bits per heavy atom. The van der Waals surface area contributed by atoms with Crippen molar-refractivity contribution in [2.24, 2.45) is 0 Å². The Labute approximate surface area is 386 Å². The fourth-order valence-corrected chi connectivity index (χ4v) is 5.75. The standard InChI is InChI=1S/2C20H14N3.2C5H5.2Fe.Zn/c2*1-2-8-15(7-1)16-13-19(17-9-3-5-11-21-17)23-20(14-16)18-10-4-6-12-22-18;2*1-2-4-5-3-1;;;/h2*1-14H;2*1-5H;;;/q;;;;3*+2. The van der Waals surface area contributed by atoms with Crippen LogP contribution in [0.3, 0.4) is 0 Å². The smallest absolute Gasteiger partial charge is 0.255 e. The van der Waals surface area contributed by atoms with Gasteiger partial charge in [-0.3, -0.25) is 19.9 Å². The van der Waals surface area contributed by atoms with Gasteiger partial charge in [-0.25, -0.2) is 9.97 Å². The van der Waals surface area contributed by atoms with Gasteiger partial charge in [0.2, 0.25) is 0 Å². The van der Waals surface area contributed by atoms with Gasteiger partial charge in [0.1, 0.15) is 0 Å². The van der Waals surface area contributed by atoms with Crippen LogP contribution in [0.5, 0.6) is 0 Å². The molecule has 4 saturated carbocycles. The number of hydrogen-bond donors (Lipinski definition) is 0. The maximum atomic E-state index is 4.76. The van der Waals surface area contributed by atoms with Gasteiger partial charge in [0.25, 0.3) is 0 Å². The first-order chi connectivity index (χ1) is 27.8. The van der Waals surface area contributed by atoms with Crippen LogP contribution >= 0.6 is 0 Å². The second kappa shape index (κ2) is 26.7. The first kappa shape index (κ1) is 48.2. The largest absolute Gasteiger partial charge is 2.00 e. The zero-order valence-corrected chi connectivity index (χ0v) is 37.2. The molecule has 6 aromatic heterocycles. The molecule has 10 rings (SSSR count). The first-order valence-electron chi connectivity index (χ1n) is 18.3. The minimum absolute atomic E-state index is 0. The van der Waals surface area contributed by atoms with E-state index < -0.39 is 0 Å². The van der Waals surface area contributed by atoms with Gasteiger partial charge in [0, 0.05) is 36.6 Å². The molecule has 0 aromatic carbocycles. The second-order valence-electron chi connectivity index (χ2n) is 12.4. The predicted molar refractivity (Wildman–Crippen MR) is 223 cm³/mol. The SMILES string of the molecule is [CH]1[CH][CH][CH][CH]1.[CH]1[CH][CH][CH][CH]1.[CH]1[CH][CH][C](c2cc(-c3ccccn3)nc(-c3ccccn3)c2)[CH]1.[CH]1[CH][CH][C](c2cc(-c3ccccn3)nc(-c3ccccn3)c2)[CH]1.[Fe+2].[Fe+2].[Zn+2]. The molecule has 0 aliphatic heterocycles. The number of aromatic nitrogens is 6. The Morgan fingerprint density at radius 3 is 0.712 bits per heavy atom. The van der Waals surface area contributed by atoms with Gasteiger partial charge in [-0.05, 0) is 199 Å². The van der Waals surface area contributed by atoms with Crippen molar-refractivity contribution in [1.82, 2.24) is 29.9 Å². The number of nitrogens with zero attached hydrogens (tertiary/aromatic N) is 6. The second-order valence-corrected chi connectivity index (χ2v) is 12.4. The van der Waals surface area contributed by atoms with E-state index >= 15 is 0 Å². The van der Waals surface area contributed by atoms with Crippen molar-refractivity contribution in [3.8, 4) is 45.6 Å². The Kier molecular flexibility index (Phi) is 21.8. The fraction of sp³-hybridized carbons (Fsp3) is 0. The average molecular weight is 900 g/mol. The van der Waals surface area contributed by atoms with Gasteiger partial charge in [0.15, 0.2) is 0 Å². The summed E-state index contributed by atoms with van der Waals surface area (Å²) in [5.74, 6) is 2.34. The molecule has 4 fully saturated rings. The molecule has 0 bridgehead atoms. The van der Waals surface area contributed by atoms with Crippen LogP contribution in [0.2, 0.25) is 0 Å². The fourth-order valence-electron chi connectivity index (χ4n) is 5.75. The third-order valence-electron chi connectivity index (χ3n) is 8.46. The summed E-state index contributed by atoms with van der Waals surface area (Å²) in [4.78, 5) is 27.2. The summed E-state index contributed by atoms with van der Waals surface area (Å²) in [6, 6.07) is 31.7. The topological polar surface area (TPSA) is 77.3 Å². The van der Waals surface area contributed by atoms with Crippen molar-refractivity contribution in [2.45, 2.75) is 0 Å². The van der Waals surface area contributed by atoms with Crippen molar-refractivity contribution < 1.29 is 53.6 Å². The van der Waals surface area contributed by atoms with E-state index in [9.17, 15) is 0 Å². The van der Waals surface area contributed by atoms with Crippen LogP contribution in [0.15, 0.2) is 122 Å². The molecule has 6 aromatic rings. The molecule has 4 aliphatic carbocycles. The van der Waals surface area contributed by atoms with Gasteiger partial charge < -0.3 is 0 Å². The van der Waals surface area contributed by atoms with Gasteiger partial charge in [-0.2, -0.15) is 0 Å². The molecule has 6 heterocycles. The molecule has 280 valence electrons. The first-order valence-corrected chi connectivity index (χ1v) is 18.3. The molecule has 59 heavy (non-hydrogen) atoms. The Balaban J connectivity index is 0.000000202. The van der Waals surface area contributed by atoms with Crippen molar-refractivity contribution in [1.29, 1.82) is 0 Å². The zero-order valence-electron chi connectivity index (χ0n) is 32.0. The van der Waals surface area contributed by atoms with E-state index in [1.807, 2.05) is 163 Å². The van der Waals surface area contributed by atoms with Gasteiger partial charge in [-0.15, -0.1) is 0 Å². The molecule has 0 N–H and O–H groups in total. The molecule has 9 heteroatoms. The van der Waals surface area contributed by atoms with Crippen LogP contribution in [0.4, 0.5) is 0 Å². The summed E-state index contributed by atoms with van der Waals surface area (Å²) in [5, 5.41) is 0. The maximum absolute atomic E-state index is 4.76. The van der Waals surface area contributed by atoms with E-state index in [4.69, 9.17) is 9.97 Å². The van der Waals surface area contributed by atoms with Crippen LogP contribution in [-0.2, 0) is 53.6 Å². The molecule has 0 atom stereocenters. The molecular weight excluding hydrogens is 862 g/mol. The summed E-state index contributed by atoms with van der Waals surface area (Å²) in [6.07, 6.45) is 43.7. The number of rotatable bonds is 6. The van der Waals surface area contributed by atoms with E-state index in [2.05, 4.69) is 69.9 Å². The summed E-state index contributed by atoms with van der Waals surface area (Å²) >= 11 is 0. The maximum Gasteiger partial charge on any atom is 2.00 e. The quantitative estimate of drug-likeness (QED) is 0.155. The van der Waals surface area contributed by atoms with Crippen LogP contribution < -0.4 is 0 Å². The summed E-state index contributed by atoms with van der Waals surface area (Å²) in [6.45, 7) is 0. The van der Waals surface area contributed by atoms with Crippen LogP contribution in [0.25, 0.3) is 45.6 Å². The van der Waals surface area contributed by atoms with E-state index in [0.717, 1.165) is 56.7 Å². The summed E-state index contributed by atoms with van der Waals surface area (Å²) in [5.41, 5.74) is 9.08. The van der Waals surface area contributed by atoms with Gasteiger partial charge in [-0.1, -0.05) is 24.3 Å². The van der Waals surface area contributed by atoms with E-state index in [-0.39, 0.29) is 53.6 Å². The molecule has 0 saturated heterocycles. The van der Waals surface area contributed by atoms with Crippen molar-refractivity contribution >= 4 is 0 Å². The molecule has 0 spiro atoms. The summed E-state index contributed by atoms with van der Waals surface area (Å²) in [7, 11) is 0. The number of hydrogen-bond acceptors (Lipinski definition) is 6. The summed E-state index contributed by atoms with van der Waals surface area (Å²) < 4.78 is 0. The van der Waals surface area contributed by atoms with Crippen LogP contribution in [-0.4, -0.2) is 29.9 Å². The molecule has 20 radical (unpaired) electrons. The Bertz CT molecular complexity index is 1740. The molecule has 0 amide bonds. The molecule has 0 unspecified atom stereocenters. The number of pyridine rings is 6. The predicted octanol–water partition coefficient (Wildman–Crippen LogP) is 9.95. The molecule has 4 aliphatic rings. The molecule has 6 nitrogen and oxygen atoms in total. The average Bonchev–Trinajstić information content (AvgIpc) is 4.15. The van der Waals surface area contributed by atoms with Crippen LogP contribution in [0, 0.1) is 127 Å². The minimum Gasteiger partial charge on any atom is -0.255 e. The Hall–Kier alpha value is -3.44. The Morgan fingerprint density at radius 2 is 0.508 bits per heavy atom. The third-order valence-corrected chi connectivity index (χ3v) is 8.46. The van der Waals surface area contributed by atoms with Crippen molar-refractivity contribution in [2.75, 3.05) is 0 Å². The monoisotopic (exact) mass is 898 g/mol. The van der Waals surface area contributed by atoms with Crippen molar-refractivity contribution in [3.05, 3.63) is 260 Å². The van der Waals surface area contributed by atoms with E-state index in [0.29, 0.717) is 0 Å². The van der Waals surface area contributed by atoms with Gasteiger partial charge >= 0.3 is 53.6 Å². The van der Waals surface area contributed by atoms with E-state index in [1.165, 1.54) is 11.8 Å². The zero-order chi connectivity index (χ0) is 38.0. The molecular formula is C50H38Fe2N6Zn+6. The minimum atomic E-state index is 0. The van der Waals surface area contributed by atoms with Gasteiger partial charge in [0.05, 0.1) is 45.6 Å². The van der Waals surface area contributed by atoms with Crippen molar-refractivity contribution in [3.63, 3.8) is 0 Å². The normalized spacial score (nSPS) is 15.7. The van der Waals surface area contributed by atoms with Crippen LogP contribution in [0.1, 0.15) is 11.1 Å². The third kappa shape index (κ3) is 14.9. The van der Waals surface area contributed by atoms with E-state index in [1.54, 1.807) is 24.8 Å².